The topological polar surface area (TPSA) is 64.2 Å². The Morgan fingerprint density at radius 1 is 0.919 bits per heavy atom. The van der Waals surface area contributed by atoms with Crippen molar-refractivity contribution in [2.45, 2.75) is 38.1 Å². The van der Waals surface area contributed by atoms with E-state index in [2.05, 4.69) is 11.8 Å². The Balaban J connectivity index is 1.33. The highest BCUT2D eigenvalue weighted by molar-refractivity contribution is 6.42. The summed E-state index contributed by atoms with van der Waals surface area (Å²) in [5.41, 5.74) is 0.639. The third kappa shape index (κ3) is 5.04. The molecule has 5 rings (SSSR count). The summed E-state index contributed by atoms with van der Waals surface area (Å²) >= 11 is 12.1. The van der Waals surface area contributed by atoms with Crippen molar-refractivity contribution in [3.63, 3.8) is 0 Å². The summed E-state index contributed by atoms with van der Waals surface area (Å²) in [6.07, 6.45) is 2.98. The minimum atomic E-state index is -0.785. The molecule has 3 amide bonds. The molecule has 0 aliphatic carbocycles. The van der Waals surface area contributed by atoms with E-state index in [1.807, 2.05) is 35.2 Å². The number of halogens is 2. The third-order valence-corrected chi connectivity index (χ3v) is 8.83. The molecular formula is C28H32Cl2N4O3. The van der Waals surface area contributed by atoms with Crippen LogP contribution < -0.4 is 4.90 Å². The molecule has 3 heterocycles. The summed E-state index contributed by atoms with van der Waals surface area (Å²) < 4.78 is 0. The molecule has 3 aliphatic rings. The van der Waals surface area contributed by atoms with Crippen molar-refractivity contribution in [1.29, 1.82) is 0 Å². The monoisotopic (exact) mass is 542 g/mol. The van der Waals surface area contributed by atoms with Crippen LogP contribution in [0.2, 0.25) is 10.0 Å². The van der Waals surface area contributed by atoms with E-state index in [1.54, 1.807) is 28.0 Å². The fraction of sp³-hybridized carbons (Fsp3) is 0.464. The van der Waals surface area contributed by atoms with Crippen LogP contribution in [-0.2, 0) is 9.59 Å². The van der Waals surface area contributed by atoms with E-state index in [4.69, 9.17) is 23.2 Å². The molecule has 3 fully saturated rings. The molecule has 2 aromatic carbocycles. The normalized spacial score (nSPS) is 20.1. The van der Waals surface area contributed by atoms with Crippen molar-refractivity contribution in [2.75, 3.05) is 44.3 Å². The van der Waals surface area contributed by atoms with Gasteiger partial charge in [-0.25, -0.2) is 0 Å². The number of likely N-dealkylation sites (tertiary alicyclic amines) is 2. The number of hydrogen-bond donors (Lipinski definition) is 0. The number of carbonyl (C=O) groups is 3. The van der Waals surface area contributed by atoms with Crippen molar-refractivity contribution in [2.24, 2.45) is 5.92 Å². The van der Waals surface area contributed by atoms with Gasteiger partial charge in [-0.3, -0.25) is 14.4 Å². The Morgan fingerprint density at radius 2 is 1.59 bits per heavy atom. The summed E-state index contributed by atoms with van der Waals surface area (Å²) in [5.74, 6) is 0.483. The van der Waals surface area contributed by atoms with Crippen molar-refractivity contribution < 1.29 is 14.4 Å². The van der Waals surface area contributed by atoms with Crippen LogP contribution in [0.5, 0.6) is 0 Å². The lowest BCUT2D eigenvalue weighted by atomic mass is 9.85. The first kappa shape index (κ1) is 25.9. The molecule has 1 spiro atoms. The molecule has 196 valence electrons. The molecule has 37 heavy (non-hydrogen) atoms. The van der Waals surface area contributed by atoms with Gasteiger partial charge in [-0.05, 0) is 61.9 Å². The van der Waals surface area contributed by atoms with Crippen LogP contribution in [0.15, 0.2) is 48.5 Å². The van der Waals surface area contributed by atoms with Crippen LogP contribution in [0.3, 0.4) is 0 Å². The van der Waals surface area contributed by atoms with Gasteiger partial charge in [0.15, 0.2) is 0 Å². The zero-order valence-electron chi connectivity index (χ0n) is 21.0. The highest BCUT2D eigenvalue weighted by Gasteiger charge is 2.54. The first-order chi connectivity index (χ1) is 17.8. The maximum atomic E-state index is 13.9. The molecule has 2 aromatic rings. The fourth-order valence-electron chi connectivity index (χ4n) is 5.74. The van der Waals surface area contributed by atoms with Gasteiger partial charge < -0.3 is 19.6 Å². The van der Waals surface area contributed by atoms with Gasteiger partial charge in [0.25, 0.3) is 11.8 Å². The molecule has 9 heteroatoms. The molecule has 3 saturated heterocycles. The molecule has 0 unspecified atom stereocenters. The Kier molecular flexibility index (Phi) is 7.37. The number of piperidine rings is 2. The number of amides is 3. The summed E-state index contributed by atoms with van der Waals surface area (Å²) in [5, 5.41) is 0.741. The number of benzene rings is 2. The van der Waals surface area contributed by atoms with Gasteiger partial charge in [-0.2, -0.15) is 0 Å². The minimum Gasteiger partial charge on any atom is -0.341 e. The molecule has 0 aromatic heterocycles. The molecular weight excluding hydrogens is 511 g/mol. The van der Waals surface area contributed by atoms with E-state index >= 15 is 0 Å². The van der Waals surface area contributed by atoms with Crippen LogP contribution in [0.1, 0.15) is 43.0 Å². The molecule has 0 saturated carbocycles. The summed E-state index contributed by atoms with van der Waals surface area (Å²) in [4.78, 5) is 47.7. The Hall–Kier alpha value is -2.77. The molecule has 3 aliphatic heterocycles. The first-order valence-corrected chi connectivity index (χ1v) is 13.7. The molecule has 0 N–H and O–H groups in total. The maximum Gasteiger partial charge on any atom is 0.253 e. The lowest BCUT2D eigenvalue weighted by Crippen LogP contribution is -2.57. The average Bonchev–Trinajstić information content (AvgIpc) is 3.17. The van der Waals surface area contributed by atoms with E-state index in [9.17, 15) is 14.4 Å². The van der Waals surface area contributed by atoms with E-state index in [1.165, 1.54) is 0 Å². The van der Waals surface area contributed by atoms with Gasteiger partial charge in [0.2, 0.25) is 5.91 Å². The van der Waals surface area contributed by atoms with Gasteiger partial charge in [0, 0.05) is 37.4 Å². The quantitative estimate of drug-likeness (QED) is 0.569. The number of anilines is 1. The predicted molar refractivity (Wildman–Crippen MR) is 145 cm³/mol. The Labute approximate surface area is 227 Å². The Bertz CT molecular complexity index is 1180. The second-order valence-corrected chi connectivity index (χ2v) is 11.2. The highest BCUT2D eigenvalue weighted by atomic mass is 35.5. The number of rotatable bonds is 4. The van der Waals surface area contributed by atoms with E-state index in [0.29, 0.717) is 54.1 Å². The second-order valence-electron chi connectivity index (χ2n) is 10.4. The SMILES string of the molecule is CC1CCN(C(=O)CN2CN(c3ccccc3)C3(CCN(C(=O)c4ccc(Cl)c(Cl)c4)CC3)C2=O)CC1. The number of para-hydroxylation sites is 1. The van der Waals surface area contributed by atoms with Gasteiger partial charge in [0.1, 0.15) is 12.1 Å². The van der Waals surface area contributed by atoms with Gasteiger partial charge >= 0.3 is 0 Å². The summed E-state index contributed by atoms with van der Waals surface area (Å²) in [7, 11) is 0. The van der Waals surface area contributed by atoms with E-state index in [-0.39, 0.29) is 24.3 Å². The van der Waals surface area contributed by atoms with Crippen molar-refractivity contribution in [3.8, 4) is 0 Å². The predicted octanol–water partition coefficient (Wildman–Crippen LogP) is 4.53. The second kappa shape index (κ2) is 10.5. The zero-order chi connectivity index (χ0) is 26.2. The van der Waals surface area contributed by atoms with Crippen LogP contribution in [-0.4, -0.2) is 77.4 Å². The number of hydrogen-bond acceptors (Lipinski definition) is 4. The minimum absolute atomic E-state index is 0.0116. The molecule has 0 radical (unpaired) electrons. The largest absolute Gasteiger partial charge is 0.341 e. The van der Waals surface area contributed by atoms with Gasteiger partial charge in [0.05, 0.1) is 16.7 Å². The van der Waals surface area contributed by atoms with Crippen LogP contribution >= 0.6 is 23.2 Å². The molecule has 0 bridgehead atoms. The van der Waals surface area contributed by atoms with Crippen LogP contribution in [0, 0.1) is 5.92 Å². The lowest BCUT2D eigenvalue weighted by molar-refractivity contribution is -0.141. The van der Waals surface area contributed by atoms with Crippen molar-refractivity contribution in [1.82, 2.24) is 14.7 Å². The summed E-state index contributed by atoms with van der Waals surface area (Å²) in [6.45, 7) is 5.03. The van der Waals surface area contributed by atoms with Crippen molar-refractivity contribution >= 4 is 46.6 Å². The number of nitrogens with zero attached hydrogens (tertiary/aromatic N) is 4. The van der Waals surface area contributed by atoms with E-state index in [0.717, 1.165) is 31.6 Å². The van der Waals surface area contributed by atoms with Crippen LogP contribution in [0.4, 0.5) is 5.69 Å². The van der Waals surface area contributed by atoms with E-state index < -0.39 is 5.54 Å². The summed E-state index contributed by atoms with van der Waals surface area (Å²) in [6, 6.07) is 14.7. The van der Waals surface area contributed by atoms with Gasteiger partial charge in [-0.15, -0.1) is 0 Å². The number of carbonyl (C=O) groups excluding carboxylic acids is 3. The van der Waals surface area contributed by atoms with Gasteiger partial charge in [-0.1, -0.05) is 48.3 Å². The molecule has 0 atom stereocenters. The fourth-order valence-corrected chi connectivity index (χ4v) is 6.03. The lowest BCUT2D eigenvalue weighted by Gasteiger charge is -2.43. The third-order valence-electron chi connectivity index (χ3n) is 8.09. The standard InChI is InChI=1S/C28H32Cl2N4O3/c1-20-9-13-31(14-10-20)25(35)18-33-19-34(22-5-3-2-4-6-22)28(27(33)37)11-15-32(16-12-28)26(36)21-7-8-23(29)24(30)17-21/h2-8,17,20H,9-16,18-19H2,1H3. The zero-order valence-corrected chi connectivity index (χ0v) is 22.5. The first-order valence-electron chi connectivity index (χ1n) is 12.9. The van der Waals surface area contributed by atoms with Crippen molar-refractivity contribution in [3.05, 3.63) is 64.1 Å². The molecule has 7 nitrogen and oxygen atoms in total. The van der Waals surface area contributed by atoms with Crippen LogP contribution in [0.25, 0.3) is 0 Å². The highest BCUT2D eigenvalue weighted by Crippen LogP contribution is 2.40. The smallest absolute Gasteiger partial charge is 0.253 e. The Morgan fingerprint density at radius 3 is 2.24 bits per heavy atom. The average molecular weight is 543 g/mol. The maximum absolute atomic E-state index is 13.9.